The number of ether oxygens (including phenoxy) is 2. The van der Waals surface area contributed by atoms with Gasteiger partial charge in [0.25, 0.3) is 5.56 Å². The molecule has 0 aliphatic carbocycles. The van der Waals surface area contributed by atoms with Gasteiger partial charge in [0, 0.05) is 17.1 Å². The van der Waals surface area contributed by atoms with E-state index in [0.717, 1.165) is 28.2 Å². The molecule has 0 unspecified atom stereocenters. The molecule has 1 aliphatic rings. The van der Waals surface area contributed by atoms with E-state index in [1.807, 2.05) is 68.7 Å². The van der Waals surface area contributed by atoms with E-state index >= 15 is 0 Å². The van der Waals surface area contributed by atoms with Gasteiger partial charge >= 0.3 is 5.97 Å². The van der Waals surface area contributed by atoms with Crippen molar-refractivity contribution in [1.82, 2.24) is 9.13 Å². The Hall–Kier alpha value is -4.24. The first-order chi connectivity index (χ1) is 19.6. The fourth-order valence-electron chi connectivity index (χ4n) is 5.17. The second-order valence-electron chi connectivity index (χ2n) is 10.2. The van der Waals surface area contributed by atoms with Gasteiger partial charge in [0.2, 0.25) is 0 Å². The van der Waals surface area contributed by atoms with Crippen molar-refractivity contribution in [3.8, 4) is 11.4 Å². The smallest absolute Gasteiger partial charge is 0.338 e. The van der Waals surface area contributed by atoms with E-state index in [1.54, 1.807) is 30.5 Å². The molecule has 0 radical (unpaired) electrons. The summed E-state index contributed by atoms with van der Waals surface area (Å²) in [6, 6.07) is 15.0. The van der Waals surface area contributed by atoms with Gasteiger partial charge in [0.1, 0.15) is 11.6 Å². The normalized spacial score (nSPS) is 15.2. The van der Waals surface area contributed by atoms with Gasteiger partial charge in [-0.1, -0.05) is 23.5 Å². The number of thiazole rings is 1. The van der Waals surface area contributed by atoms with Crippen molar-refractivity contribution in [2.75, 3.05) is 6.61 Å². The van der Waals surface area contributed by atoms with Crippen LogP contribution in [0.15, 0.2) is 75.7 Å². The number of hydrogen-bond acceptors (Lipinski definition) is 6. The number of hydrogen-bond donors (Lipinski definition) is 0. The summed E-state index contributed by atoms with van der Waals surface area (Å²) >= 11 is 1.28. The standard InChI is InChI=1S/C32H32FN3O4S/c1-7-39-31(38)28-20(5)34-32-36(29(28)22-8-14-26(15-9-22)40-18(2)3)30(37)27(41-32)17-23-16-19(4)35(21(23)6)25-12-10-24(33)11-13-25/h8-18,29H,7H2,1-6H3/b27-17-/t29-/m1/s1. The Kier molecular flexibility index (Phi) is 7.82. The molecule has 1 atom stereocenters. The highest BCUT2D eigenvalue weighted by Crippen LogP contribution is 2.32. The number of halogens is 1. The molecule has 0 amide bonds. The predicted molar refractivity (Wildman–Crippen MR) is 158 cm³/mol. The summed E-state index contributed by atoms with van der Waals surface area (Å²) in [5.41, 5.74) is 4.92. The summed E-state index contributed by atoms with van der Waals surface area (Å²) in [5.74, 6) is -0.101. The van der Waals surface area contributed by atoms with E-state index < -0.39 is 12.0 Å². The van der Waals surface area contributed by atoms with Crippen LogP contribution in [0.1, 0.15) is 56.3 Å². The van der Waals surface area contributed by atoms with Crippen LogP contribution < -0.4 is 19.6 Å². The molecule has 212 valence electrons. The molecule has 7 nitrogen and oxygen atoms in total. The van der Waals surface area contributed by atoms with Crippen LogP contribution in [0.2, 0.25) is 0 Å². The maximum atomic E-state index is 14.0. The first-order valence-electron chi connectivity index (χ1n) is 13.5. The highest BCUT2D eigenvalue weighted by molar-refractivity contribution is 7.07. The predicted octanol–water partition coefficient (Wildman–Crippen LogP) is 5.13. The molecule has 0 bridgehead atoms. The number of aromatic nitrogens is 2. The molecule has 0 N–H and O–H groups in total. The number of nitrogens with zero attached hydrogens (tertiary/aromatic N) is 3. The lowest BCUT2D eigenvalue weighted by molar-refractivity contribution is -0.139. The molecule has 3 heterocycles. The maximum Gasteiger partial charge on any atom is 0.338 e. The largest absolute Gasteiger partial charge is 0.491 e. The Labute approximate surface area is 241 Å². The van der Waals surface area contributed by atoms with Crippen LogP contribution >= 0.6 is 11.3 Å². The van der Waals surface area contributed by atoms with Gasteiger partial charge in [-0.15, -0.1) is 0 Å². The molecule has 41 heavy (non-hydrogen) atoms. The van der Waals surface area contributed by atoms with Crippen molar-refractivity contribution < 1.29 is 18.7 Å². The minimum absolute atomic E-state index is 0.0146. The molecule has 4 aromatic rings. The SMILES string of the molecule is CCOC(=O)C1=C(C)N=c2s/c(=C\c3cc(C)n(-c4ccc(F)cc4)c3C)c(=O)n2[C@@H]1c1ccc(OC(C)C)cc1. The zero-order valence-corrected chi connectivity index (χ0v) is 24.7. The Morgan fingerprint density at radius 3 is 2.41 bits per heavy atom. The Morgan fingerprint density at radius 2 is 1.78 bits per heavy atom. The fraction of sp³-hybridized carbons (Fsp3) is 0.281. The van der Waals surface area contributed by atoms with Gasteiger partial charge in [-0.2, -0.15) is 0 Å². The van der Waals surface area contributed by atoms with Gasteiger partial charge in [-0.3, -0.25) is 9.36 Å². The van der Waals surface area contributed by atoms with E-state index in [1.165, 1.54) is 23.5 Å². The summed E-state index contributed by atoms with van der Waals surface area (Å²) in [6.45, 7) is 11.6. The highest BCUT2D eigenvalue weighted by Gasteiger charge is 2.33. The first-order valence-corrected chi connectivity index (χ1v) is 14.3. The van der Waals surface area contributed by atoms with Gasteiger partial charge in [-0.05, 0) is 101 Å². The maximum absolute atomic E-state index is 14.0. The summed E-state index contributed by atoms with van der Waals surface area (Å²) in [7, 11) is 0. The summed E-state index contributed by atoms with van der Waals surface area (Å²) in [4.78, 5) is 32.3. The van der Waals surface area contributed by atoms with Crippen LogP contribution in [0.25, 0.3) is 11.8 Å². The average Bonchev–Trinajstić information content (AvgIpc) is 3.38. The summed E-state index contributed by atoms with van der Waals surface area (Å²) < 4.78 is 28.8. The molecule has 0 saturated carbocycles. The van der Waals surface area contributed by atoms with Crippen LogP contribution in [-0.2, 0) is 9.53 Å². The molecule has 0 spiro atoms. The van der Waals surface area contributed by atoms with E-state index in [-0.39, 0.29) is 24.1 Å². The quantitative estimate of drug-likeness (QED) is 0.287. The van der Waals surface area contributed by atoms with Gasteiger partial charge in [-0.25, -0.2) is 14.2 Å². The second kappa shape index (κ2) is 11.3. The monoisotopic (exact) mass is 573 g/mol. The topological polar surface area (TPSA) is 74.8 Å². The van der Waals surface area contributed by atoms with E-state index in [2.05, 4.69) is 4.99 Å². The van der Waals surface area contributed by atoms with Crippen LogP contribution in [0.4, 0.5) is 4.39 Å². The third-order valence-electron chi connectivity index (χ3n) is 6.93. The Balaban J connectivity index is 1.65. The van der Waals surface area contributed by atoms with Crippen molar-refractivity contribution in [3.05, 3.63) is 114 Å². The van der Waals surface area contributed by atoms with Crippen LogP contribution in [0, 0.1) is 19.7 Å². The molecule has 2 aromatic carbocycles. The molecule has 9 heteroatoms. The number of aryl methyl sites for hydroxylation is 1. The van der Waals surface area contributed by atoms with Gasteiger partial charge < -0.3 is 14.0 Å². The van der Waals surface area contributed by atoms with E-state index in [4.69, 9.17) is 9.47 Å². The highest BCUT2D eigenvalue weighted by atomic mass is 32.1. The lowest BCUT2D eigenvalue weighted by atomic mass is 9.96. The molecular formula is C32H32FN3O4S. The third-order valence-corrected chi connectivity index (χ3v) is 7.91. The van der Waals surface area contributed by atoms with Crippen LogP contribution in [-0.4, -0.2) is 27.8 Å². The molecular weight excluding hydrogens is 541 g/mol. The second-order valence-corrected chi connectivity index (χ2v) is 11.2. The Morgan fingerprint density at radius 1 is 1.10 bits per heavy atom. The fourth-order valence-corrected chi connectivity index (χ4v) is 6.21. The number of carbonyl (C=O) groups excluding carboxylic acids is 1. The molecule has 0 fully saturated rings. The molecule has 0 saturated heterocycles. The van der Waals surface area contributed by atoms with E-state index in [0.29, 0.717) is 26.4 Å². The van der Waals surface area contributed by atoms with Gasteiger partial charge in [0.15, 0.2) is 4.80 Å². The van der Waals surface area contributed by atoms with Crippen molar-refractivity contribution in [3.63, 3.8) is 0 Å². The number of fused-ring (bicyclic) bond motifs is 1. The number of rotatable bonds is 7. The summed E-state index contributed by atoms with van der Waals surface area (Å²) in [5, 5.41) is 0. The van der Waals surface area contributed by atoms with Crippen LogP contribution in [0.3, 0.4) is 0 Å². The number of esters is 1. The lowest BCUT2D eigenvalue weighted by Crippen LogP contribution is -2.39. The zero-order chi connectivity index (χ0) is 29.4. The zero-order valence-electron chi connectivity index (χ0n) is 23.9. The Bertz CT molecular complexity index is 1830. The average molecular weight is 574 g/mol. The van der Waals surface area contributed by atoms with Crippen molar-refractivity contribution in [2.45, 2.75) is 53.7 Å². The number of benzene rings is 2. The molecule has 5 rings (SSSR count). The van der Waals surface area contributed by atoms with Crippen molar-refractivity contribution >= 4 is 23.4 Å². The van der Waals surface area contributed by atoms with Gasteiger partial charge in [0.05, 0.1) is 34.6 Å². The molecule has 1 aliphatic heterocycles. The minimum Gasteiger partial charge on any atom is -0.491 e. The lowest BCUT2D eigenvalue weighted by Gasteiger charge is -2.25. The number of carbonyl (C=O) groups is 1. The summed E-state index contributed by atoms with van der Waals surface area (Å²) in [6.07, 6.45) is 1.87. The number of allylic oxidation sites excluding steroid dienone is 1. The van der Waals surface area contributed by atoms with E-state index in [9.17, 15) is 14.0 Å². The van der Waals surface area contributed by atoms with Crippen molar-refractivity contribution in [2.24, 2.45) is 4.99 Å². The minimum atomic E-state index is -0.702. The van der Waals surface area contributed by atoms with Crippen molar-refractivity contribution in [1.29, 1.82) is 0 Å². The molecule has 2 aromatic heterocycles. The first kappa shape index (κ1) is 28.3. The third kappa shape index (κ3) is 5.41. The van der Waals surface area contributed by atoms with Crippen LogP contribution in [0.5, 0.6) is 5.75 Å².